The molecule has 0 aromatic heterocycles. The Morgan fingerprint density at radius 1 is 1.24 bits per heavy atom. The first kappa shape index (κ1) is 26.5. The van der Waals surface area contributed by atoms with Crippen LogP contribution in [0.1, 0.15) is 37.3 Å². The number of aliphatic hydroxyl groups is 1. The molecule has 0 unspecified atom stereocenters. The van der Waals surface area contributed by atoms with Crippen molar-refractivity contribution in [2.24, 2.45) is 5.92 Å². The number of amides is 2. The molecule has 0 bridgehead atoms. The molecule has 9 nitrogen and oxygen atoms in total. The Morgan fingerprint density at radius 2 is 2.00 bits per heavy atom. The Kier molecular flexibility index (Phi) is 6.65. The summed E-state index contributed by atoms with van der Waals surface area (Å²) in [6.07, 6.45) is 0.772. The lowest BCUT2D eigenvalue weighted by atomic mass is 9.82. The highest BCUT2D eigenvalue weighted by Gasteiger charge is 2.66. The maximum atomic E-state index is 15.6. The molecule has 2 fully saturated rings. The third-order valence-electron chi connectivity index (χ3n) is 8.21. The van der Waals surface area contributed by atoms with Gasteiger partial charge in [-0.25, -0.2) is 0 Å². The number of rotatable bonds is 7. The number of nitro groups is 1. The van der Waals surface area contributed by atoms with Gasteiger partial charge in [-0.2, -0.15) is 0 Å². The molecule has 3 aliphatic heterocycles. The van der Waals surface area contributed by atoms with Crippen LogP contribution in [0.3, 0.4) is 0 Å². The quantitative estimate of drug-likeness (QED) is 0.240. The van der Waals surface area contributed by atoms with Crippen LogP contribution in [0.5, 0.6) is 0 Å². The summed E-state index contributed by atoms with van der Waals surface area (Å²) in [5.74, 6) is -0.937. The van der Waals surface area contributed by atoms with Gasteiger partial charge >= 0.3 is 0 Å². The fourth-order valence-electron chi connectivity index (χ4n) is 6.63. The molecule has 1 spiro atoms. The molecule has 2 saturated heterocycles. The predicted molar refractivity (Wildman–Crippen MR) is 142 cm³/mol. The van der Waals surface area contributed by atoms with E-state index in [0.29, 0.717) is 24.2 Å². The molecular weight excluding hydrogens is 509 g/mol. The van der Waals surface area contributed by atoms with Gasteiger partial charge in [0, 0.05) is 54.4 Å². The maximum absolute atomic E-state index is 15.6. The van der Waals surface area contributed by atoms with Crippen LogP contribution in [0.2, 0.25) is 18.6 Å². The molecule has 4 atom stereocenters. The zero-order chi connectivity index (χ0) is 27.4. The third kappa shape index (κ3) is 4.13. The summed E-state index contributed by atoms with van der Waals surface area (Å²) >= 11 is 0. The zero-order valence-electron chi connectivity index (χ0n) is 21.7. The molecule has 1 N–H and O–H groups in total. The van der Waals surface area contributed by atoms with Gasteiger partial charge in [-0.05, 0) is 49.7 Å². The van der Waals surface area contributed by atoms with Crippen molar-refractivity contribution in [1.82, 2.24) is 0 Å². The first-order valence-corrected chi connectivity index (χ1v) is 15.9. The fraction of sp³-hybridized carbons (Fsp3) is 0.481. The summed E-state index contributed by atoms with van der Waals surface area (Å²) in [4.78, 5) is 41.0. The summed E-state index contributed by atoms with van der Waals surface area (Å²) < 4.78 is 22.1. The van der Waals surface area contributed by atoms with E-state index in [1.807, 2.05) is 24.3 Å². The van der Waals surface area contributed by atoms with E-state index in [-0.39, 0.29) is 31.2 Å². The van der Waals surface area contributed by atoms with Crippen molar-refractivity contribution in [2.45, 2.75) is 63.1 Å². The summed E-state index contributed by atoms with van der Waals surface area (Å²) in [5, 5.41) is 21.4. The van der Waals surface area contributed by atoms with Gasteiger partial charge in [0.15, 0.2) is 5.60 Å². The molecule has 3 heterocycles. The zero-order valence-corrected chi connectivity index (χ0v) is 22.7. The van der Waals surface area contributed by atoms with Crippen LogP contribution in [-0.2, 0) is 26.5 Å². The monoisotopic (exact) mass is 541 g/mol. The third-order valence-corrected chi connectivity index (χ3v) is 10.7. The number of anilines is 2. The molecule has 38 heavy (non-hydrogen) atoms. The average Bonchev–Trinajstić information content (AvgIpc) is 3.49. The number of hydrogen-bond acceptors (Lipinski definition) is 6. The second kappa shape index (κ2) is 9.55. The molecule has 0 aliphatic carbocycles. The maximum Gasteiger partial charge on any atom is 0.269 e. The number of nitrogens with zero attached hydrogens (tertiary/aromatic N) is 3. The number of aliphatic hydroxyl groups excluding tert-OH is 1. The number of halogens is 1. The number of carbonyl (C=O) groups is 2. The van der Waals surface area contributed by atoms with Crippen molar-refractivity contribution in [3.05, 3.63) is 63.7 Å². The number of non-ortho nitro benzene ring substituents is 1. The van der Waals surface area contributed by atoms with E-state index in [0.717, 1.165) is 17.7 Å². The lowest BCUT2D eigenvalue weighted by Gasteiger charge is -2.31. The Bertz CT molecular complexity index is 1300. The Labute approximate surface area is 221 Å². The number of fused-ring (bicyclic) bond motifs is 2. The standard InChI is InChI=1S/C27H32FN3O6Si/c1-17-25(38(2,3)28)23(11-13-32)37-27(17)21-15-20(31(35)36)9-10-22(21)30(26(27)34)16-18-6-4-7-19(14-18)29-12-5-8-24(29)33/h4,6-7,9-10,14-15,17,23,25,32H,5,8,11-13,16H2,1-3H3/t17-,23+,25-,27+/m0/s1. The van der Waals surface area contributed by atoms with Crippen LogP contribution < -0.4 is 9.80 Å². The van der Waals surface area contributed by atoms with Crippen molar-refractivity contribution in [3.8, 4) is 0 Å². The van der Waals surface area contributed by atoms with E-state index in [1.165, 1.54) is 12.1 Å². The molecule has 2 aromatic rings. The SMILES string of the molecule is C[C@H]1[C@H]([Si](C)(C)F)[C@@H](CCO)O[C@]12C(=O)N(Cc1cccc(N3CCCC3=O)c1)c1ccc([N+](=O)[O-])cc12. The fourth-order valence-corrected chi connectivity index (χ4v) is 9.17. The average molecular weight is 542 g/mol. The highest BCUT2D eigenvalue weighted by atomic mass is 28.4. The molecule has 0 radical (unpaired) electrons. The van der Waals surface area contributed by atoms with E-state index in [2.05, 4.69) is 0 Å². The van der Waals surface area contributed by atoms with Crippen LogP contribution in [0.4, 0.5) is 21.2 Å². The largest absolute Gasteiger partial charge is 0.396 e. The van der Waals surface area contributed by atoms with Crippen LogP contribution >= 0.6 is 0 Å². The number of hydrogen-bond donors (Lipinski definition) is 1. The van der Waals surface area contributed by atoms with Gasteiger partial charge < -0.3 is 23.8 Å². The van der Waals surface area contributed by atoms with Crippen molar-refractivity contribution >= 4 is 37.3 Å². The second-order valence-corrected chi connectivity index (χ2v) is 14.7. The van der Waals surface area contributed by atoms with Gasteiger partial charge in [-0.15, -0.1) is 0 Å². The van der Waals surface area contributed by atoms with Gasteiger partial charge in [0.05, 0.1) is 23.3 Å². The van der Waals surface area contributed by atoms with E-state index in [9.17, 15) is 24.8 Å². The number of carbonyl (C=O) groups excluding carboxylic acids is 2. The summed E-state index contributed by atoms with van der Waals surface area (Å²) in [6.45, 7) is 5.48. The van der Waals surface area contributed by atoms with Crippen molar-refractivity contribution < 1.29 is 28.5 Å². The van der Waals surface area contributed by atoms with Gasteiger partial charge in [0.25, 0.3) is 11.6 Å². The van der Waals surface area contributed by atoms with Crippen LogP contribution in [-0.4, -0.2) is 49.5 Å². The van der Waals surface area contributed by atoms with Crippen molar-refractivity contribution in [1.29, 1.82) is 0 Å². The first-order chi connectivity index (χ1) is 18.0. The van der Waals surface area contributed by atoms with E-state index in [4.69, 9.17) is 4.74 Å². The van der Waals surface area contributed by atoms with E-state index < -0.39 is 42.4 Å². The molecule has 0 saturated carbocycles. The molecule has 11 heteroatoms. The lowest BCUT2D eigenvalue weighted by Crippen LogP contribution is -2.45. The summed E-state index contributed by atoms with van der Waals surface area (Å²) in [7, 11) is -3.37. The molecule has 5 rings (SSSR count). The predicted octanol–water partition coefficient (Wildman–Crippen LogP) is 4.43. The molecule has 2 amide bonds. The first-order valence-electron chi connectivity index (χ1n) is 13.0. The second-order valence-electron chi connectivity index (χ2n) is 11.0. The van der Waals surface area contributed by atoms with E-state index >= 15 is 4.11 Å². The Balaban J connectivity index is 1.58. The summed E-state index contributed by atoms with van der Waals surface area (Å²) in [6, 6.07) is 11.7. The van der Waals surface area contributed by atoms with Gasteiger partial charge in [0.1, 0.15) is 0 Å². The van der Waals surface area contributed by atoms with Crippen molar-refractivity contribution in [2.75, 3.05) is 23.0 Å². The Morgan fingerprint density at radius 3 is 2.63 bits per heavy atom. The van der Waals surface area contributed by atoms with Crippen LogP contribution in [0.25, 0.3) is 0 Å². The van der Waals surface area contributed by atoms with E-state index in [1.54, 1.807) is 35.9 Å². The molecule has 2 aromatic carbocycles. The summed E-state index contributed by atoms with van der Waals surface area (Å²) in [5.41, 5.74) is 0.0260. The van der Waals surface area contributed by atoms with Crippen LogP contribution in [0, 0.1) is 16.0 Å². The Hall–Kier alpha value is -3.15. The topological polar surface area (TPSA) is 113 Å². The number of nitro benzene ring substituents is 1. The number of benzene rings is 2. The molecule has 3 aliphatic rings. The van der Waals surface area contributed by atoms with Gasteiger partial charge in [-0.1, -0.05) is 19.1 Å². The normalized spacial score (nSPS) is 27.0. The minimum Gasteiger partial charge on any atom is -0.396 e. The number of ether oxygens (including phenoxy) is 1. The lowest BCUT2D eigenvalue weighted by molar-refractivity contribution is -0.385. The minimum absolute atomic E-state index is 0.0585. The smallest absolute Gasteiger partial charge is 0.269 e. The van der Waals surface area contributed by atoms with Crippen LogP contribution in [0.15, 0.2) is 42.5 Å². The minimum atomic E-state index is -3.37. The van der Waals surface area contributed by atoms with Crippen molar-refractivity contribution in [3.63, 3.8) is 0 Å². The van der Waals surface area contributed by atoms with Gasteiger partial charge in [-0.3, -0.25) is 19.7 Å². The molecule has 202 valence electrons. The van der Waals surface area contributed by atoms with Gasteiger partial charge in [0.2, 0.25) is 14.3 Å². The highest BCUT2D eigenvalue weighted by molar-refractivity contribution is 6.72. The highest BCUT2D eigenvalue weighted by Crippen LogP contribution is 2.60. The molecular formula is C27H32FN3O6Si.